The van der Waals surface area contributed by atoms with Gasteiger partial charge in [-0.05, 0) is 66.8 Å². The molecule has 1 aliphatic heterocycles. The number of nitrogens with zero attached hydrogens (tertiary/aromatic N) is 1. The number of aliphatic hydroxyl groups is 1. The Balaban J connectivity index is 2.62. The van der Waals surface area contributed by atoms with E-state index in [1.54, 1.807) is 0 Å². The summed E-state index contributed by atoms with van der Waals surface area (Å²) in [4.78, 5) is 88.1. The summed E-state index contributed by atoms with van der Waals surface area (Å²) >= 11 is 0. The number of likely N-dealkylation sites (tertiary alicyclic amines) is 1. The molecule has 1 fully saturated rings. The third kappa shape index (κ3) is 11.7. The highest BCUT2D eigenvalue weighted by molar-refractivity contribution is 5.96. The lowest BCUT2D eigenvalue weighted by molar-refractivity contribution is -0.150. The number of carboxylic acid groups (broad SMARTS) is 1. The standard InChI is InChI=1S/C27H48N8O9/c1-13(31-23(39)15(3)33-25(41)18(29)9-6-7-11-28)21(37)30-14(2)22(38)32-16(4)24(40)34-20(17(5)36)26(42)35-12-8-10-19(35)27(43)44/h13-20,36H,6-12,28-29H2,1-5H3,(H,30,37)(H,31,39)(H,32,38)(H,33,41)(H,34,40)(H,43,44)/t13-,14-,15-,16-,17+,18-,19-,20-/m0/s1. The number of amides is 6. The van der Waals surface area contributed by atoms with Crippen LogP contribution in [0.25, 0.3) is 0 Å². The monoisotopic (exact) mass is 628 g/mol. The van der Waals surface area contributed by atoms with Gasteiger partial charge in [0.25, 0.3) is 0 Å². The largest absolute Gasteiger partial charge is 0.480 e. The van der Waals surface area contributed by atoms with E-state index in [0.29, 0.717) is 32.2 Å². The summed E-state index contributed by atoms with van der Waals surface area (Å²) in [5.74, 6) is -5.40. The second-order valence-electron chi connectivity index (χ2n) is 11.1. The molecule has 0 spiro atoms. The summed E-state index contributed by atoms with van der Waals surface area (Å²) in [6, 6.07) is -7.74. The van der Waals surface area contributed by atoms with Crippen LogP contribution < -0.4 is 38.1 Å². The number of aliphatic carboxylic acids is 1. The van der Waals surface area contributed by atoms with Crippen molar-refractivity contribution >= 4 is 41.4 Å². The van der Waals surface area contributed by atoms with Crippen molar-refractivity contribution < 1.29 is 43.8 Å². The number of carboxylic acids is 1. The predicted molar refractivity (Wildman–Crippen MR) is 157 cm³/mol. The van der Waals surface area contributed by atoms with Crippen molar-refractivity contribution in [3.63, 3.8) is 0 Å². The summed E-state index contributed by atoms with van der Waals surface area (Å²) in [5.41, 5.74) is 11.2. The topological polar surface area (TPSA) is 275 Å². The fourth-order valence-electron chi connectivity index (χ4n) is 4.37. The molecule has 6 amide bonds. The van der Waals surface area contributed by atoms with Gasteiger partial charge in [0.15, 0.2) is 0 Å². The third-order valence-electron chi connectivity index (χ3n) is 7.18. The molecule has 1 heterocycles. The number of nitrogens with one attached hydrogen (secondary N) is 5. The van der Waals surface area contributed by atoms with Crippen molar-refractivity contribution in [1.82, 2.24) is 31.5 Å². The van der Waals surface area contributed by atoms with Crippen LogP contribution in [-0.4, -0.2) is 118 Å². The number of nitrogens with two attached hydrogens (primary N) is 2. The van der Waals surface area contributed by atoms with Crippen LogP contribution in [0.4, 0.5) is 0 Å². The Morgan fingerprint density at radius 3 is 1.59 bits per heavy atom. The molecule has 0 saturated carbocycles. The van der Waals surface area contributed by atoms with E-state index in [1.807, 2.05) is 0 Å². The molecular formula is C27H48N8O9. The number of unbranched alkanes of at least 4 members (excludes halogenated alkanes) is 1. The SMILES string of the molecule is C[C@H](NC(=O)[C@H](C)NC(=O)[C@H](C)NC(=O)[C@@H](N)CCCCN)C(=O)N[C@@H](C)C(=O)N[C@H](C(=O)N1CCC[C@H]1C(=O)O)[C@@H](C)O. The molecule has 0 bridgehead atoms. The molecule has 0 aromatic heterocycles. The van der Waals surface area contributed by atoms with Crippen molar-refractivity contribution in [3.05, 3.63) is 0 Å². The number of hydrogen-bond donors (Lipinski definition) is 9. The Kier molecular flexibility index (Phi) is 15.7. The quantitative estimate of drug-likeness (QED) is 0.0710. The molecule has 17 nitrogen and oxygen atoms in total. The molecule has 250 valence electrons. The first kappa shape index (κ1) is 38.2. The van der Waals surface area contributed by atoms with Crippen molar-refractivity contribution in [1.29, 1.82) is 0 Å². The lowest BCUT2D eigenvalue weighted by Gasteiger charge is -2.29. The minimum absolute atomic E-state index is 0.161. The van der Waals surface area contributed by atoms with E-state index in [4.69, 9.17) is 11.5 Å². The van der Waals surface area contributed by atoms with E-state index in [0.717, 1.165) is 4.90 Å². The summed E-state index contributed by atoms with van der Waals surface area (Å²) in [5, 5.41) is 31.6. The Morgan fingerprint density at radius 2 is 1.18 bits per heavy atom. The van der Waals surface area contributed by atoms with E-state index < -0.39 is 89.8 Å². The van der Waals surface area contributed by atoms with Gasteiger partial charge in [-0.2, -0.15) is 0 Å². The van der Waals surface area contributed by atoms with Gasteiger partial charge in [0.1, 0.15) is 36.3 Å². The molecule has 0 unspecified atom stereocenters. The lowest BCUT2D eigenvalue weighted by atomic mass is 10.1. The molecule has 0 aromatic rings. The fourth-order valence-corrected chi connectivity index (χ4v) is 4.37. The van der Waals surface area contributed by atoms with E-state index in [-0.39, 0.29) is 13.0 Å². The zero-order valence-corrected chi connectivity index (χ0v) is 25.9. The Bertz CT molecular complexity index is 1060. The average molecular weight is 629 g/mol. The van der Waals surface area contributed by atoms with Crippen LogP contribution in [0.3, 0.4) is 0 Å². The number of aliphatic hydroxyl groups excluding tert-OH is 1. The lowest BCUT2D eigenvalue weighted by Crippen LogP contribution is -2.60. The van der Waals surface area contributed by atoms with Gasteiger partial charge in [-0.1, -0.05) is 6.42 Å². The number of carbonyl (C=O) groups excluding carboxylic acids is 6. The van der Waals surface area contributed by atoms with Gasteiger partial charge in [0, 0.05) is 6.54 Å². The van der Waals surface area contributed by atoms with Gasteiger partial charge in [0.2, 0.25) is 35.4 Å². The van der Waals surface area contributed by atoms with E-state index in [2.05, 4.69) is 26.6 Å². The molecule has 17 heteroatoms. The van der Waals surface area contributed by atoms with Gasteiger partial charge < -0.3 is 53.2 Å². The highest BCUT2D eigenvalue weighted by atomic mass is 16.4. The summed E-state index contributed by atoms with van der Waals surface area (Å²) in [6.45, 7) is 7.39. The van der Waals surface area contributed by atoms with E-state index in [1.165, 1.54) is 34.6 Å². The third-order valence-corrected chi connectivity index (χ3v) is 7.18. The zero-order chi connectivity index (χ0) is 33.7. The second kappa shape index (κ2) is 18.1. The maximum absolute atomic E-state index is 12.9. The molecule has 0 radical (unpaired) electrons. The van der Waals surface area contributed by atoms with Gasteiger partial charge >= 0.3 is 5.97 Å². The van der Waals surface area contributed by atoms with Gasteiger partial charge in [-0.25, -0.2) is 4.79 Å². The maximum Gasteiger partial charge on any atom is 0.326 e. The van der Waals surface area contributed by atoms with Crippen LogP contribution >= 0.6 is 0 Å². The first-order valence-electron chi connectivity index (χ1n) is 14.7. The van der Waals surface area contributed by atoms with Crippen molar-refractivity contribution in [2.75, 3.05) is 13.1 Å². The zero-order valence-electron chi connectivity index (χ0n) is 25.9. The summed E-state index contributed by atoms with van der Waals surface area (Å²) < 4.78 is 0. The number of carbonyl (C=O) groups is 7. The van der Waals surface area contributed by atoms with Crippen molar-refractivity contribution in [3.8, 4) is 0 Å². The molecule has 0 aromatic carbocycles. The highest BCUT2D eigenvalue weighted by Crippen LogP contribution is 2.19. The first-order chi connectivity index (χ1) is 20.5. The van der Waals surface area contributed by atoms with Crippen molar-refractivity contribution in [2.45, 2.75) is 115 Å². The first-order valence-corrected chi connectivity index (χ1v) is 14.7. The van der Waals surface area contributed by atoms with Gasteiger partial charge in [0.05, 0.1) is 12.1 Å². The molecule has 44 heavy (non-hydrogen) atoms. The van der Waals surface area contributed by atoms with Crippen LogP contribution in [-0.2, 0) is 33.6 Å². The summed E-state index contributed by atoms with van der Waals surface area (Å²) in [6.07, 6.45) is 1.14. The normalized spacial score (nSPS) is 19.3. The maximum atomic E-state index is 12.9. The van der Waals surface area contributed by atoms with Gasteiger partial charge in [-0.3, -0.25) is 28.8 Å². The number of hydrogen-bond acceptors (Lipinski definition) is 10. The number of rotatable bonds is 17. The molecule has 0 aliphatic carbocycles. The summed E-state index contributed by atoms with van der Waals surface area (Å²) in [7, 11) is 0. The molecule has 1 aliphatic rings. The highest BCUT2D eigenvalue weighted by Gasteiger charge is 2.39. The average Bonchev–Trinajstić information content (AvgIpc) is 3.45. The predicted octanol–water partition coefficient (Wildman–Crippen LogP) is -3.60. The molecular weight excluding hydrogens is 580 g/mol. The van der Waals surface area contributed by atoms with Crippen molar-refractivity contribution in [2.24, 2.45) is 11.5 Å². The smallest absolute Gasteiger partial charge is 0.326 e. The van der Waals surface area contributed by atoms with Gasteiger partial charge in [-0.15, -0.1) is 0 Å². The van der Waals surface area contributed by atoms with Crippen LogP contribution in [0.15, 0.2) is 0 Å². The van der Waals surface area contributed by atoms with Crippen LogP contribution in [0.2, 0.25) is 0 Å². The van der Waals surface area contributed by atoms with E-state index in [9.17, 15) is 43.8 Å². The van der Waals surface area contributed by atoms with Crippen LogP contribution in [0, 0.1) is 0 Å². The van der Waals surface area contributed by atoms with E-state index >= 15 is 0 Å². The van der Waals surface area contributed by atoms with Crippen LogP contribution in [0.5, 0.6) is 0 Å². The Morgan fingerprint density at radius 1 is 0.750 bits per heavy atom. The molecule has 1 rings (SSSR count). The second-order valence-corrected chi connectivity index (χ2v) is 11.1. The van der Waals surface area contributed by atoms with Crippen LogP contribution in [0.1, 0.15) is 66.7 Å². The molecule has 1 saturated heterocycles. The minimum Gasteiger partial charge on any atom is -0.480 e. The Labute approximate surface area is 256 Å². The molecule has 11 N–H and O–H groups in total. The Hall–Kier alpha value is -3.83. The molecule has 8 atom stereocenters. The fraction of sp³-hybridized carbons (Fsp3) is 0.741. The minimum atomic E-state index is -1.44.